The second kappa shape index (κ2) is 6.40. The molecule has 3 aromatic rings. The lowest BCUT2D eigenvalue weighted by Gasteiger charge is -2.30. The van der Waals surface area contributed by atoms with Crippen LogP contribution in [0.15, 0.2) is 41.9 Å². The lowest BCUT2D eigenvalue weighted by atomic mass is 9.99. The minimum absolute atomic E-state index is 0.233. The first kappa shape index (κ1) is 15.4. The molecule has 1 aliphatic rings. The van der Waals surface area contributed by atoms with E-state index in [1.165, 1.54) is 0 Å². The van der Waals surface area contributed by atoms with Gasteiger partial charge in [0, 0.05) is 35.9 Å². The Labute approximate surface area is 145 Å². The zero-order valence-corrected chi connectivity index (χ0v) is 14.6. The molecule has 4 rings (SSSR count). The van der Waals surface area contributed by atoms with Crippen LogP contribution in [0.4, 0.5) is 0 Å². The Balaban J connectivity index is 1.54. The molecule has 0 radical (unpaired) electrons. The van der Waals surface area contributed by atoms with Crippen molar-refractivity contribution in [3.63, 3.8) is 0 Å². The molecule has 1 amide bonds. The fourth-order valence-electron chi connectivity index (χ4n) is 3.23. The molecular weight excluding hydrogens is 318 g/mol. The summed E-state index contributed by atoms with van der Waals surface area (Å²) in [5.41, 5.74) is 3.10. The van der Waals surface area contributed by atoms with Gasteiger partial charge < -0.3 is 4.90 Å². The van der Waals surface area contributed by atoms with Crippen molar-refractivity contribution in [2.45, 2.75) is 26.2 Å². The number of hydrogen-bond acceptors (Lipinski definition) is 3. The number of imidazole rings is 1. The summed E-state index contributed by atoms with van der Waals surface area (Å²) in [5, 5.41) is 2.06. The van der Waals surface area contributed by atoms with Gasteiger partial charge in [0.2, 0.25) is 5.91 Å². The van der Waals surface area contributed by atoms with Crippen LogP contribution in [0.3, 0.4) is 0 Å². The SMILES string of the molecule is CC1CCN(C(=O)Cc2csc3nc(-c4ccccc4)cn23)CC1. The van der Waals surface area contributed by atoms with Gasteiger partial charge in [0.25, 0.3) is 0 Å². The summed E-state index contributed by atoms with van der Waals surface area (Å²) in [6.45, 7) is 4.06. The van der Waals surface area contributed by atoms with Crippen LogP contribution in [0.5, 0.6) is 0 Å². The van der Waals surface area contributed by atoms with E-state index in [1.807, 2.05) is 29.3 Å². The van der Waals surface area contributed by atoms with Crippen molar-refractivity contribution >= 4 is 22.2 Å². The molecule has 0 atom stereocenters. The van der Waals surface area contributed by atoms with E-state index in [0.717, 1.165) is 53.8 Å². The molecule has 5 heteroatoms. The first-order chi connectivity index (χ1) is 11.7. The van der Waals surface area contributed by atoms with Crippen molar-refractivity contribution in [3.05, 3.63) is 47.6 Å². The molecule has 0 bridgehead atoms. The van der Waals surface area contributed by atoms with Crippen molar-refractivity contribution in [3.8, 4) is 11.3 Å². The molecule has 24 heavy (non-hydrogen) atoms. The number of fused-ring (bicyclic) bond motifs is 1. The van der Waals surface area contributed by atoms with E-state index in [-0.39, 0.29) is 5.91 Å². The lowest BCUT2D eigenvalue weighted by Crippen LogP contribution is -2.38. The van der Waals surface area contributed by atoms with Gasteiger partial charge in [-0.2, -0.15) is 0 Å². The van der Waals surface area contributed by atoms with Gasteiger partial charge in [-0.15, -0.1) is 11.3 Å². The van der Waals surface area contributed by atoms with Crippen LogP contribution in [0.2, 0.25) is 0 Å². The number of benzene rings is 1. The summed E-state index contributed by atoms with van der Waals surface area (Å²) >= 11 is 1.60. The lowest BCUT2D eigenvalue weighted by molar-refractivity contribution is -0.131. The Hall–Kier alpha value is -2.14. The Morgan fingerprint density at radius 1 is 1.25 bits per heavy atom. The maximum Gasteiger partial charge on any atom is 0.228 e. The van der Waals surface area contributed by atoms with Gasteiger partial charge in [0.1, 0.15) is 0 Å². The molecule has 2 aromatic heterocycles. The maximum absolute atomic E-state index is 12.6. The largest absolute Gasteiger partial charge is 0.342 e. The maximum atomic E-state index is 12.6. The predicted molar refractivity (Wildman–Crippen MR) is 97.2 cm³/mol. The summed E-state index contributed by atoms with van der Waals surface area (Å²) < 4.78 is 2.07. The van der Waals surface area contributed by atoms with Crippen molar-refractivity contribution in [2.24, 2.45) is 5.92 Å². The Kier molecular flexibility index (Phi) is 4.10. The topological polar surface area (TPSA) is 37.6 Å². The third-order valence-electron chi connectivity index (χ3n) is 4.82. The van der Waals surface area contributed by atoms with E-state index >= 15 is 0 Å². The van der Waals surface area contributed by atoms with Crippen LogP contribution in [0, 0.1) is 5.92 Å². The van der Waals surface area contributed by atoms with Gasteiger partial charge in [-0.25, -0.2) is 4.98 Å². The van der Waals surface area contributed by atoms with Gasteiger partial charge in [-0.1, -0.05) is 37.3 Å². The number of hydrogen-bond donors (Lipinski definition) is 0. The zero-order valence-electron chi connectivity index (χ0n) is 13.8. The molecule has 3 heterocycles. The monoisotopic (exact) mass is 339 g/mol. The summed E-state index contributed by atoms with van der Waals surface area (Å²) in [4.78, 5) is 20.2. The Morgan fingerprint density at radius 2 is 2.00 bits per heavy atom. The molecular formula is C19H21N3OS. The van der Waals surface area contributed by atoms with Crippen LogP contribution < -0.4 is 0 Å². The summed E-state index contributed by atoms with van der Waals surface area (Å²) in [6, 6.07) is 10.2. The number of amides is 1. The average molecular weight is 339 g/mol. The van der Waals surface area contributed by atoms with Crippen LogP contribution in [-0.4, -0.2) is 33.3 Å². The van der Waals surface area contributed by atoms with Gasteiger partial charge in [-0.05, 0) is 18.8 Å². The van der Waals surface area contributed by atoms with Crippen LogP contribution in [-0.2, 0) is 11.2 Å². The van der Waals surface area contributed by atoms with Crippen molar-refractivity contribution in [1.29, 1.82) is 0 Å². The minimum Gasteiger partial charge on any atom is -0.342 e. The first-order valence-corrected chi connectivity index (χ1v) is 9.37. The van der Waals surface area contributed by atoms with Crippen molar-refractivity contribution in [1.82, 2.24) is 14.3 Å². The molecule has 1 fully saturated rings. The number of carbonyl (C=O) groups excluding carboxylic acids is 1. The molecule has 1 saturated heterocycles. The molecule has 1 aliphatic heterocycles. The number of likely N-dealkylation sites (tertiary alicyclic amines) is 1. The minimum atomic E-state index is 0.233. The standard InChI is InChI=1S/C19H21N3OS/c1-14-7-9-21(10-8-14)18(23)11-16-13-24-19-20-17(12-22(16)19)15-5-3-2-4-6-15/h2-6,12-14H,7-11H2,1H3. The average Bonchev–Trinajstić information content (AvgIpc) is 3.18. The smallest absolute Gasteiger partial charge is 0.228 e. The molecule has 0 unspecified atom stereocenters. The van der Waals surface area contributed by atoms with E-state index < -0.39 is 0 Å². The number of rotatable bonds is 3. The zero-order chi connectivity index (χ0) is 16.5. The number of aromatic nitrogens is 2. The Bertz CT molecular complexity index is 844. The van der Waals surface area contributed by atoms with Gasteiger partial charge in [0.05, 0.1) is 12.1 Å². The highest BCUT2D eigenvalue weighted by molar-refractivity contribution is 7.15. The number of thiazole rings is 1. The predicted octanol–water partition coefficient (Wildman–Crippen LogP) is 3.86. The van der Waals surface area contributed by atoms with Gasteiger partial charge in [-0.3, -0.25) is 9.20 Å². The molecule has 0 saturated carbocycles. The first-order valence-electron chi connectivity index (χ1n) is 8.49. The van der Waals surface area contributed by atoms with E-state index in [4.69, 9.17) is 0 Å². The molecule has 0 spiro atoms. The quantitative estimate of drug-likeness (QED) is 0.726. The summed E-state index contributed by atoms with van der Waals surface area (Å²) in [5.74, 6) is 0.973. The summed E-state index contributed by atoms with van der Waals surface area (Å²) in [7, 11) is 0. The summed E-state index contributed by atoms with van der Waals surface area (Å²) in [6.07, 6.45) is 4.74. The number of piperidine rings is 1. The molecule has 0 N–H and O–H groups in total. The second-order valence-electron chi connectivity index (χ2n) is 6.61. The third-order valence-corrected chi connectivity index (χ3v) is 5.71. The number of carbonyl (C=O) groups is 1. The van der Waals surface area contributed by atoms with Gasteiger partial charge in [0.15, 0.2) is 4.96 Å². The van der Waals surface area contributed by atoms with Crippen LogP contribution in [0.25, 0.3) is 16.2 Å². The molecule has 4 nitrogen and oxygen atoms in total. The van der Waals surface area contributed by atoms with E-state index in [9.17, 15) is 4.79 Å². The van der Waals surface area contributed by atoms with Gasteiger partial charge >= 0.3 is 0 Å². The van der Waals surface area contributed by atoms with E-state index in [2.05, 4.69) is 33.8 Å². The molecule has 1 aromatic carbocycles. The molecule has 0 aliphatic carbocycles. The van der Waals surface area contributed by atoms with Crippen molar-refractivity contribution in [2.75, 3.05) is 13.1 Å². The van der Waals surface area contributed by atoms with E-state index in [0.29, 0.717) is 6.42 Å². The number of nitrogens with zero attached hydrogens (tertiary/aromatic N) is 3. The highest BCUT2D eigenvalue weighted by atomic mass is 32.1. The highest BCUT2D eigenvalue weighted by Crippen LogP contribution is 2.24. The highest BCUT2D eigenvalue weighted by Gasteiger charge is 2.21. The van der Waals surface area contributed by atoms with Crippen molar-refractivity contribution < 1.29 is 4.79 Å². The fraction of sp³-hybridized carbons (Fsp3) is 0.368. The third kappa shape index (κ3) is 2.96. The second-order valence-corrected chi connectivity index (χ2v) is 7.45. The van der Waals surface area contributed by atoms with Crippen LogP contribution in [0.1, 0.15) is 25.5 Å². The van der Waals surface area contributed by atoms with E-state index in [1.54, 1.807) is 11.3 Å². The fourth-order valence-corrected chi connectivity index (χ4v) is 4.10. The Morgan fingerprint density at radius 3 is 2.75 bits per heavy atom. The van der Waals surface area contributed by atoms with Crippen LogP contribution >= 0.6 is 11.3 Å². The normalized spacial score (nSPS) is 16.0. The molecule has 124 valence electrons.